The van der Waals surface area contributed by atoms with Crippen LogP contribution in [0.1, 0.15) is 26.2 Å². The summed E-state index contributed by atoms with van der Waals surface area (Å²) in [7, 11) is -3.53. The third-order valence-electron chi connectivity index (χ3n) is 5.03. The highest BCUT2D eigenvalue weighted by molar-refractivity contribution is 9.10. The number of nitrogens with zero attached hydrogens (tertiary/aromatic N) is 2. The third kappa shape index (κ3) is 3.68. The molecule has 2 saturated heterocycles. The van der Waals surface area contributed by atoms with Gasteiger partial charge in [0.1, 0.15) is 0 Å². The first-order chi connectivity index (χ1) is 11.4. The molecule has 0 radical (unpaired) electrons. The van der Waals surface area contributed by atoms with Gasteiger partial charge in [0.2, 0.25) is 15.9 Å². The van der Waals surface area contributed by atoms with Crippen molar-refractivity contribution in [3.05, 3.63) is 28.7 Å². The van der Waals surface area contributed by atoms with Crippen LogP contribution in [0.25, 0.3) is 0 Å². The average molecular weight is 415 g/mol. The largest absolute Gasteiger partial charge is 0.342 e. The molecule has 0 spiro atoms. The summed E-state index contributed by atoms with van der Waals surface area (Å²) in [6, 6.07) is 6.72. The fraction of sp³-hybridized carbons (Fsp3) is 0.588. The van der Waals surface area contributed by atoms with Crippen molar-refractivity contribution in [3.63, 3.8) is 0 Å². The Balaban J connectivity index is 1.67. The molecule has 2 aliphatic heterocycles. The van der Waals surface area contributed by atoms with E-state index in [1.807, 2.05) is 4.90 Å². The van der Waals surface area contributed by atoms with Crippen molar-refractivity contribution in [2.45, 2.75) is 31.1 Å². The highest BCUT2D eigenvalue weighted by Gasteiger charge is 2.38. The number of piperidine rings is 1. The van der Waals surface area contributed by atoms with Gasteiger partial charge in [-0.05, 0) is 43.4 Å². The maximum Gasteiger partial charge on any atom is 0.243 e. The van der Waals surface area contributed by atoms with E-state index in [-0.39, 0.29) is 16.7 Å². The van der Waals surface area contributed by atoms with Gasteiger partial charge >= 0.3 is 0 Å². The van der Waals surface area contributed by atoms with Crippen LogP contribution in [0.2, 0.25) is 0 Å². The molecule has 3 rings (SSSR count). The number of rotatable bonds is 3. The van der Waals surface area contributed by atoms with Crippen LogP contribution in [0, 0.1) is 11.8 Å². The maximum absolute atomic E-state index is 12.8. The zero-order valence-corrected chi connectivity index (χ0v) is 16.2. The highest BCUT2D eigenvalue weighted by Crippen LogP contribution is 2.28. The molecule has 1 amide bonds. The summed E-state index contributed by atoms with van der Waals surface area (Å²) in [5.41, 5.74) is 0. The van der Waals surface area contributed by atoms with E-state index in [1.54, 1.807) is 24.3 Å². The van der Waals surface area contributed by atoms with Crippen molar-refractivity contribution in [1.82, 2.24) is 9.21 Å². The van der Waals surface area contributed by atoms with E-state index >= 15 is 0 Å². The number of benzene rings is 1. The Morgan fingerprint density at radius 1 is 1.17 bits per heavy atom. The summed E-state index contributed by atoms with van der Waals surface area (Å²) in [4.78, 5) is 14.9. The van der Waals surface area contributed by atoms with Gasteiger partial charge in [0.25, 0.3) is 0 Å². The zero-order valence-electron chi connectivity index (χ0n) is 13.8. The van der Waals surface area contributed by atoms with Crippen molar-refractivity contribution < 1.29 is 13.2 Å². The van der Waals surface area contributed by atoms with Gasteiger partial charge in [0, 0.05) is 30.7 Å². The van der Waals surface area contributed by atoms with Crippen LogP contribution in [0.4, 0.5) is 0 Å². The van der Waals surface area contributed by atoms with Crippen LogP contribution in [0.15, 0.2) is 33.6 Å². The summed E-state index contributed by atoms with van der Waals surface area (Å²) in [6.07, 6.45) is 2.69. The van der Waals surface area contributed by atoms with Gasteiger partial charge in [-0.3, -0.25) is 4.79 Å². The number of carbonyl (C=O) groups excluding carboxylic acids is 1. The quantitative estimate of drug-likeness (QED) is 0.763. The van der Waals surface area contributed by atoms with E-state index in [0.717, 1.165) is 30.4 Å². The van der Waals surface area contributed by atoms with Crippen molar-refractivity contribution in [2.75, 3.05) is 26.2 Å². The fourth-order valence-corrected chi connectivity index (χ4v) is 5.51. The molecule has 1 aromatic rings. The molecule has 0 saturated carbocycles. The van der Waals surface area contributed by atoms with Crippen LogP contribution >= 0.6 is 15.9 Å². The highest BCUT2D eigenvalue weighted by atomic mass is 79.9. The van der Waals surface area contributed by atoms with Gasteiger partial charge in [-0.2, -0.15) is 4.31 Å². The van der Waals surface area contributed by atoms with Crippen molar-refractivity contribution in [2.24, 2.45) is 11.8 Å². The minimum absolute atomic E-state index is 0.119. The van der Waals surface area contributed by atoms with Gasteiger partial charge in [-0.1, -0.05) is 28.9 Å². The second-order valence-electron chi connectivity index (χ2n) is 6.81. The van der Waals surface area contributed by atoms with Gasteiger partial charge < -0.3 is 4.90 Å². The molecule has 0 aromatic heterocycles. The Kier molecular flexibility index (Phi) is 5.32. The molecule has 132 valence electrons. The Labute approximate surface area is 152 Å². The number of amides is 1. The summed E-state index contributed by atoms with van der Waals surface area (Å²) in [5.74, 6) is 0.584. The molecule has 0 N–H and O–H groups in total. The summed E-state index contributed by atoms with van der Waals surface area (Å²) < 4.78 is 27.7. The number of hydrogen-bond acceptors (Lipinski definition) is 3. The fourth-order valence-electron chi connectivity index (χ4n) is 3.41. The van der Waals surface area contributed by atoms with Crippen LogP contribution in [-0.2, 0) is 14.8 Å². The third-order valence-corrected chi connectivity index (χ3v) is 7.38. The summed E-state index contributed by atoms with van der Waals surface area (Å²) in [6.45, 7) is 4.52. The lowest BCUT2D eigenvalue weighted by atomic mass is 9.97. The van der Waals surface area contributed by atoms with Crippen LogP contribution in [-0.4, -0.2) is 49.7 Å². The molecule has 2 heterocycles. The Bertz CT molecular complexity index is 714. The molecule has 24 heavy (non-hydrogen) atoms. The number of hydrogen-bond donors (Lipinski definition) is 0. The summed E-state index contributed by atoms with van der Waals surface area (Å²) in [5, 5.41) is 0. The first-order valence-electron chi connectivity index (χ1n) is 8.42. The first kappa shape index (κ1) is 17.9. The lowest BCUT2D eigenvalue weighted by Gasteiger charge is -2.32. The Morgan fingerprint density at radius 2 is 1.88 bits per heavy atom. The molecule has 1 unspecified atom stereocenters. The van der Waals surface area contributed by atoms with Crippen LogP contribution in [0.5, 0.6) is 0 Å². The van der Waals surface area contributed by atoms with Crippen molar-refractivity contribution in [1.29, 1.82) is 0 Å². The standard InChI is InChI=1S/C17H23BrN2O3S/c1-13-5-8-19(9-6-13)17(21)14-7-10-20(12-14)24(22,23)16-4-2-3-15(18)11-16/h2-4,11,13-14H,5-10,12H2,1H3. The molecule has 0 aliphatic carbocycles. The number of halogens is 1. The predicted octanol–water partition coefficient (Wildman–Crippen LogP) is 2.72. The van der Waals surface area contributed by atoms with E-state index in [1.165, 1.54) is 4.31 Å². The van der Waals surface area contributed by atoms with Gasteiger partial charge in [-0.25, -0.2) is 8.42 Å². The van der Waals surface area contributed by atoms with Gasteiger partial charge in [0.15, 0.2) is 0 Å². The van der Waals surface area contributed by atoms with Gasteiger partial charge in [0.05, 0.1) is 10.8 Å². The molecule has 1 atom stereocenters. The summed E-state index contributed by atoms with van der Waals surface area (Å²) >= 11 is 3.31. The maximum atomic E-state index is 12.8. The van der Waals surface area contributed by atoms with Crippen molar-refractivity contribution in [3.8, 4) is 0 Å². The predicted molar refractivity (Wildman–Crippen MR) is 96.0 cm³/mol. The van der Waals surface area contributed by atoms with E-state index in [2.05, 4.69) is 22.9 Å². The lowest BCUT2D eigenvalue weighted by Crippen LogP contribution is -2.42. The van der Waals surface area contributed by atoms with Gasteiger partial charge in [-0.15, -0.1) is 0 Å². The molecule has 2 fully saturated rings. The molecule has 7 heteroatoms. The number of carbonyl (C=O) groups is 1. The van der Waals surface area contributed by atoms with E-state index < -0.39 is 10.0 Å². The topological polar surface area (TPSA) is 57.7 Å². The normalized spacial score (nSPS) is 23.6. The smallest absolute Gasteiger partial charge is 0.243 e. The average Bonchev–Trinajstić information content (AvgIpc) is 3.06. The SMILES string of the molecule is CC1CCN(C(=O)C2CCN(S(=O)(=O)c3cccc(Br)c3)C2)CC1. The monoisotopic (exact) mass is 414 g/mol. The molecule has 5 nitrogen and oxygen atoms in total. The van der Waals surface area contributed by atoms with E-state index in [9.17, 15) is 13.2 Å². The van der Waals surface area contributed by atoms with Crippen LogP contribution < -0.4 is 0 Å². The number of likely N-dealkylation sites (tertiary alicyclic amines) is 1. The molecule has 2 aliphatic rings. The van der Waals surface area contributed by atoms with Crippen LogP contribution in [0.3, 0.4) is 0 Å². The molecular weight excluding hydrogens is 392 g/mol. The van der Waals surface area contributed by atoms with Crippen molar-refractivity contribution >= 4 is 31.9 Å². The molecule has 1 aromatic carbocycles. The zero-order chi connectivity index (χ0) is 17.3. The van der Waals surface area contributed by atoms with E-state index in [4.69, 9.17) is 0 Å². The first-order valence-corrected chi connectivity index (χ1v) is 10.7. The lowest BCUT2D eigenvalue weighted by molar-refractivity contribution is -0.136. The molecular formula is C17H23BrN2O3S. The van der Waals surface area contributed by atoms with E-state index in [0.29, 0.717) is 25.4 Å². The Morgan fingerprint density at radius 3 is 2.54 bits per heavy atom. The second-order valence-corrected chi connectivity index (χ2v) is 9.67. The Hall–Kier alpha value is -0.920. The minimum atomic E-state index is -3.53. The minimum Gasteiger partial charge on any atom is -0.342 e. The molecule has 0 bridgehead atoms. The number of sulfonamides is 1. The second kappa shape index (κ2) is 7.14.